The number of hydrogen-bond acceptors (Lipinski definition) is 4. The normalized spacial score (nSPS) is 11.4. The third-order valence-corrected chi connectivity index (χ3v) is 4.01. The maximum Gasteiger partial charge on any atom is 0.433 e. The maximum atomic E-state index is 13.0. The second-order valence-corrected chi connectivity index (χ2v) is 5.98. The molecule has 1 aromatic heterocycles. The van der Waals surface area contributed by atoms with E-state index in [4.69, 9.17) is 28.9 Å². The van der Waals surface area contributed by atoms with Crippen molar-refractivity contribution in [3.05, 3.63) is 40.0 Å². The lowest BCUT2D eigenvalue weighted by Crippen LogP contribution is -2.34. The summed E-state index contributed by atoms with van der Waals surface area (Å²) in [5.74, 6) is -0.573. The molecule has 2 N–H and O–H groups in total. The van der Waals surface area contributed by atoms with Gasteiger partial charge < -0.3 is 5.73 Å². The molecule has 0 radical (unpaired) electrons. The van der Waals surface area contributed by atoms with Gasteiger partial charge in [-0.3, -0.25) is 0 Å². The molecule has 2 aromatic rings. The highest BCUT2D eigenvalue weighted by atomic mass is 35.5. The number of carbonyl (C=O) groups excluding carboxylic acids is 1. The SMILES string of the molecule is CSc1cc(C(F)(F)F)nc(N(C(N)=O)c2c(Cl)cccc2Cl)n1. The molecule has 0 fully saturated rings. The van der Waals surface area contributed by atoms with Gasteiger partial charge in [0.25, 0.3) is 0 Å². The zero-order valence-electron chi connectivity index (χ0n) is 11.9. The number of hydrogen-bond donors (Lipinski definition) is 1. The fourth-order valence-corrected chi connectivity index (χ4v) is 2.74. The first-order valence-electron chi connectivity index (χ1n) is 6.19. The zero-order chi connectivity index (χ0) is 18.1. The van der Waals surface area contributed by atoms with Gasteiger partial charge in [0.2, 0.25) is 5.95 Å². The van der Waals surface area contributed by atoms with Crippen molar-refractivity contribution >= 4 is 52.6 Å². The number of rotatable bonds is 3. The van der Waals surface area contributed by atoms with Crippen molar-refractivity contribution in [2.75, 3.05) is 11.2 Å². The summed E-state index contributed by atoms with van der Waals surface area (Å²) in [7, 11) is 0. The van der Waals surface area contributed by atoms with Crippen LogP contribution in [0.2, 0.25) is 10.0 Å². The Morgan fingerprint density at radius 3 is 2.29 bits per heavy atom. The first-order valence-corrected chi connectivity index (χ1v) is 8.17. The van der Waals surface area contributed by atoms with E-state index in [1.165, 1.54) is 24.5 Å². The molecule has 11 heteroatoms. The molecule has 0 bridgehead atoms. The standard InChI is InChI=1S/C13H9Cl2F3N4OS/c1-24-9-5-8(13(16,17)18)20-12(21-9)22(11(19)23)10-6(14)3-2-4-7(10)15/h2-5H,1H3,(H2,19,23). The van der Waals surface area contributed by atoms with Crippen LogP contribution in [0.4, 0.5) is 29.6 Å². The third kappa shape index (κ3) is 3.85. The van der Waals surface area contributed by atoms with E-state index >= 15 is 0 Å². The van der Waals surface area contributed by atoms with Crippen LogP contribution in [0.15, 0.2) is 29.3 Å². The molecule has 5 nitrogen and oxygen atoms in total. The van der Waals surface area contributed by atoms with Gasteiger partial charge in [-0.2, -0.15) is 13.2 Å². The Bertz CT molecular complexity index is 768. The molecule has 0 aliphatic carbocycles. The van der Waals surface area contributed by atoms with Gasteiger partial charge in [0.05, 0.1) is 15.7 Å². The van der Waals surface area contributed by atoms with Crippen LogP contribution < -0.4 is 10.6 Å². The molecule has 2 amide bonds. The molecular formula is C13H9Cl2F3N4OS. The minimum Gasteiger partial charge on any atom is -0.351 e. The molecule has 0 spiro atoms. The number of carbonyl (C=O) groups is 1. The van der Waals surface area contributed by atoms with Crippen molar-refractivity contribution in [2.45, 2.75) is 11.2 Å². The minimum atomic E-state index is -4.73. The number of nitrogens with two attached hydrogens (primary N) is 1. The number of urea groups is 1. The van der Waals surface area contributed by atoms with Crippen LogP contribution in [0.1, 0.15) is 5.69 Å². The van der Waals surface area contributed by atoms with E-state index in [0.717, 1.165) is 17.8 Å². The Kier molecular flexibility index (Phi) is 5.46. The van der Waals surface area contributed by atoms with Gasteiger partial charge in [-0.25, -0.2) is 19.7 Å². The van der Waals surface area contributed by atoms with E-state index in [0.29, 0.717) is 4.90 Å². The third-order valence-electron chi connectivity index (χ3n) is 2.77. The van der Waals surface area contributed by atoms with Crippen LogP contribution in [0.5, 0.6) is 0 Å². The number of halogens is 5. The second kappa shape index (κ2) is 7.04. The summed E-state index contributed by atoms with van der Waals surface area (Å²) in [6, 6.07) is 3.95. The lowest BCUT2D eigenvalue weighted by Gasteiger charge is -2.22. The van der Waals surface area contributed by atoms with Crippen LogP contribution in [-0.4, -0.2) is 22.3 Å². The van der Waals surface area contributed by atoms with E-state index in [9.17, 15) is 18.0 Å². The zero-order valence-corrected chi connectivity index (χ0v) is 14.3. The van der Waals surface area contributed by atoms with Gasteiger partial charge in [0.15, 0.2) is 5.69 Å². The molecular weight excluding hydrogens is 388 g/mol. The van der Waals surface area contributed by atoms with Gasteiger partial charge >= 0.3 is 12.2 Å². The highest BCUT2D eigenvalue weighted by Crippen LogP contribution is 2.38. The van der Waals surface area contributed by atoms with Crippen molar-refractivity contribution in [3.8, 4) is 0 Å². The quantitative estimate of drug-likeness (QED) is 0.600. The fourth-order valence-electron chi connectivity index (χ4n) is 1.77. The van der Waals surface area contributed by atoms with E-state index in [1.54, 1.807) is 0 Å². The van der Waals surface area contributed by atoms with Crippen LogP contribution in [0.3, 0.4) is 0 Å². The second-order valence-electron chi connectivity index (χ2n) is 4.34. The maximum absolute atomic E-state index is 13.0. The predicted molar refractivity (Wildman–Crippen MR) is 87.0 cm³/mol. The topological polar surface area (TPSA) is 72.1 Å². The lowest BCUT2D eigenvalue weighted by atomic mass is 10.3. The van der Waals surface area contributed by atoms with E-state index in [-0.39, 0.29) is 20.8 Å². The van der Waals surface area contributed by atoms with E-state index in [1.807, 2.05) is 0 Å². The number of alkyl halides is 3. The summed E-state index contributed by atoms with van der Waals surface area (Å²) in [6.07, 6.45) is -3.20. The molecule has 0 atom stereocenters. The summed E-state index contributed by atoms with van der Waals surface area (Å²) in [5.41, 5.74) is 3.98. The number of aromatic nitrogens is 2. The highest BCUT2D eigenvalue weighted by Gasteiger charge is 2.35. The lowest BCUT2D eigenvalue weighted by molar-refractivity contribution is -0.141. The summed E-state index contributed by atoms with van der Waals surface area (Å²) >= 11 is 13.0. The molecule has 24 heavy (non-hydrogen) atoms. The van der Waals surface area contributed by atoms with Crippen molar-refractivity contribution in [1.82, 2.24) is 9.97 Å². The van der Waals surface area contributed by atoms with Gasteiger partial charge in [0, 0.05) is 6.07 Å². The average Bonchev–Trinajstić information content (AvgIpc) is 2.49. The first kappa shape index (κ1) is 18.6. The summed E-state index contributed by atoms with van der Waals surface area (Å²) in [5, 5.41) is 0.0165. The minimum absolute atomic E-state index is 0.00162. The number of thioether (sulfide) groups is 1. The molecule has 0 unspecified atom stereocenters. The molecule has 0 saturated heterocycles. The molecule has 128 valence electrons. The van der Waals surface area contributed by atoms with E-state index < -0.39 is 23.8 Å². The van der Waals surface area contributed by atoms with Crippen LogP contribution in [-0.2, 0) is 6.18 Å². The molecule has 1 heterocycles. The van der Waals surface area contributed by atoms with Gasteiger partial charge in [-0.15, -0.1) is 11.8 Å². The first-order chi connectivity index (χ1) is 11.1. The van der Waals surface area contributed by atoms with Gasteiger partial charge in [-0.1, -0.05) is 29.3 Å². The monoisotopic (exact) mass is 396 g/mol. The van der Waals surface area contributed by atoms with Crippen molar-refractivity contribution in [2.24, 2.45) is 5.73 Å². The molecule has 0 saturated carbocycles. The Morgan fingerprint density at radius 1 is 1.25 bits per heavy atom. The number of nitrogens with zero attached hydrogens (tertiary/aromatic N) is 3. The van der Waals surface area contributed by atoms with Crippen LogP contribution in [0.25, 0.3) is 0 Å². The number of anilines is 2. The Balaban J connectivity index is 2.71. The van der Waals surface area contributed by atoms with Crippen LogP contribution in [0, 0.1) is 0 Å². The largest absolute Gasteiger partial charge is 0.433 e. The molecule has 0 aliphatic heterocycles. The molecule has 0 aliphatic rings. The smallest absolute Gasteiger partial charge is 0.351 e. The Labute approximate surface area is 149 Å². The Morgan fingerprint density at radius 2 is 1.83 bits per heavy atom. The summed E-state index contributed by atoms with van der Waals surface area (Å²) < 4.78 is 39.1. The predicted octanol–water partition coefficient (Wildman–Crippen LogP) is 4.74. The van der Waals surface area contributed by atoms with Crippen molar-refractivity contribution < 1.29 is 18.0 Å². The van der Waals surface area contributed by atoms with Crippen molar-refractivity contribution in [1.29, 1.82) is 0 Å². The average molecular weight is 397 g/mol. The number of benzene rings is 1. The summed E-state index contributed by atoms with van der Waals surface area (Å²) in [4.78, 5) is 19.8. The van der Waals surface area contributed by atoms with Crippen molar-refractivity contribution in [3.63, 3.8) is 0 Å². The van der Waals surface area contributed by atoms with Gasteiger partial charge in [-0.05, 0) is 18.4 Å². The number of para-hydroxylation sites is 1. The summed E-state index contributed by atoms with van der Waals surface area (Å²) in [6.45, 7) is 0. The van der Waals surface area contributed by atoms with Crippen LogP contribution >= 0.6 is 35.0 Å². The fraction of sp³-hybridized carbons (Fsp3) is 0.154. The highest BCUT2D eigenvalue weighted by molar-refractivity contribution is 7.98. The molecule has 1 aromatic carbocycles. The van der Waals surface area contributed by atoms with E-state index in [2.05, 4.69) is 9.97 Å². The van der Waals surface area contributed by atoms with Gasteiger partial charge in [0.1, 0.15) is 5.03 Å². The number of primary amides is 1. The molecule has 2 rings (SSSR count). The Hall–Kier alpha value is -1.71. The number of amides is 2.